The van der Waals surface area contributed by atoms with Crippen LogP contribution in [0.25, 0.3) is 11.3 Å². The maximum Gasteiger partial charge on any atom is 0.333 e. The molecule has 0 fully saturated rings. The second-order valence-electron chi connectivity index (χ2n) is 8.12. The highest BCUT2D eigenvalue weighted by molar-refractivity contribution is 7.14. The summed E-state index contributed by atoms with van der Waals surface area (Å²) in [6.45, 7) is 3.60. The molecule has 0 bridgehead atoms. The molecule has 0 aliphatic carbocycles. The van der Waals surface area contributed by atoms with Crippen molar-refractivity contribution in [3.63, 3.8) is 0 Å². The van der Waals surface area contributed by atoms with Gasteiger partial charge in [-0.2, -0.15) is 0 Å². The van der Waals surface area contributed by atoms with E-state index < -0.39 is 23.8 Å². The van der Waals surface area contributed by atoms with E-state index in [4.69, 9.17) is 5.73 Å². The van der Waals surface area contributed by atoms with Crippen molar-refractivity contribution in [3.05, 3.63) is 91.4 Å². The highest BCUT2D eigenvalue weighted by Gasteiger charge is 2.22. The molecule has 4 rings (SSSR count). The van der Waals surface area contributed by atoms with E-state index in [2.05, 4.69) is 21.1 Å². The molecule has 0 aliphatic rings. The number of nitrogens with one attached hydrogen (secondary N) is 1. The van der Waals surface area contributed by atoms with Crippen LogP contribution in [0.4, 0.5) is 16.6 Å². The van der Waals surface area contributed by atoms with Gasteiger partial charge in [0, 0.05) is 11.1 Å². The first-order chi connectivity index (χ1) is 16.8. The van der Waals surface area contributed by atoms with Gasteiger partial charge in [-0.15, -0.1) is 11.3 Å². The Labute approximate surface area is 205 Å². The molecule has 180 valence electrons. The number of carbonyl (C=O) groups is 1. The average Bonchev–Trinajstić information content (AvgIpc) is 3.27. The Morgan fingerprint density at radius 1 is 1.09 bits per heavy atom. The van der Waals surface area contributed by atoms with Gasteiger partial charge in [0.05, 0.1) is 19.3 Å². The number of nitrogens with zero attached hydrogens (tertiary/aromatic N) is 3. The molecule has 35 heavy (non-hydrogen) atoms. The van der Waals surface area contributed by atoms with Crippen molar-refractivity contribution < 1.29 is 9.53 Å². The molecule has 0 unspecified atom stereocenters. The summed E-state index contributed by atoms with van der Waals surface area (Å²) in [6.07, 6.45) is 0. The zero-order valence-corrected chi connectivity index (χ0v) is 20.4. The van der Waals surface area contributed by atoms with Gasteiger partial charge in [0.1, 0.15) is 17.9 Å². The second-order valence-corrected chi connectivity index (χ2v) is 8.98. The first-order valence-electron chi connectivity index (χ1n) is 10.8. The van der Waals surface area contributed by atoms with Gasteiger partial charge >= 0.3 is 11.7 Å². The Hall–Kier alpha value is -4.18. The molecular formula is C25H25N5O4S. The van der Waals surface area contributed by atoms with Crippen LogP contribution in [0.3, 0.4) is 0 Å². The molecular weight excluding hydrogens is 466 g/mol. The number of nitrogen functional groups attached to an aromatic ring is 1. The highest BCUT2D eigenvalue weighted by atomic mass is 32.1. The van der Waals surface area contributed by atoms with Crippen LogP contribution in [-0.4, -0.2) is 27.2 Å². The lowest BCUT2D eigenvalue weighted by atomic mass is 10.1. The van der Waals surface area contributed by atoms with E-state index in [-0.39, 0.29) is 17.9 Å². The maximum absolute atomic E-state index is 13.3. The van der Waals surface area contributed by atoms with Crippen LogP contribution in [0, 0.1) is 13.8 Å². The van der Waals surface area contributed by atoms with Gasteiger partial charge < -0.3 is 15.8 Å². The standard InChI is InChI=1S/C25H25N5O4S/c1-15-9-16(2)11-18(10-15)27-24-28-19(14-35-24)21-22(26)29(12-17-7-5-4-6-8-17)25(33)30(23(21)32)13-20(31)34-3/h4-11,14H,12-13,26H2,1-3H3,(H,27,28). The summed E-state index contributed by atoms with van der Waals surface area (Å²) in [5.74, 6) is -0.741. The molecule has 10 heteroatoms. The number of hydrogen-bond donors (Lipinski definition) is 2. The quantitative estimate of drug-likeness (QED) is 0.381. The molecule has 0 amide bonds. The Bertz CT molecular complexity index is 1480. The van der Waals surface area contributed by atoms with Crippen molar-refractivity contribution in [1.29, 1.82) is 0 Å². The van der Waals surface area contributed by atoms with Crippen LogP contribution in [-0.2, 0) is 22.6 Å². The van der Waals surface area contributed by atoms with E-state index in [9.17, 15) is 14.4 Å². The molecule has 2 aromatic heterocycles. The molecule has 0 saturated heterocycles. The first kappa shape index (κ1) is 24.0. The van der Waals surface area contributed by atoms with E-state index in [0.29, 0.717) is 10.8 Å². The van der Waals surface area contributed by atoms with Gasteiger partial charge in [-0.1, -0.05) is 36.4 Å². The first-order valence-corrected chi connectivity index (χ1v) is 11.7. The van der Waals surface area contributed by atoms with E-state index in [1.165, 1.54) is 23.0 Å². The molecule has 4 aromatic rings. The number of rotatable bonds is 7. The molecule has 0 saturated carbocycles. The summed E-state index contributed by atoms with van der Waals surface area (Å²) in [5, 5.41) is 5.50. The number of ether oxygens (including phenoxy) is 1. The molecule has 9 nitrogen and oxygen atoms in total. The molecule has 0 aliphatic heterocycles. The van der Waals surface area contributed by atoms with Gasteiger partial charge in [0.15, 0.2) is 5.13 Å². The lowest BCUT2D eigenvalue weighted by molar-refractivity contribution is -0.141. The molecule has 3 N–H and O–H groups in total. The minimum Gasteiger partial charge on any atom is -0.468 e. The van der Waals surface area contributed by atoms with Gasteiger partial charge in [-0.05, 0) is 42.7 Å². The Balaban J connectivity index is 1.81. The molecule has 0 radical (unpaired) electrons. The number of methoxy groups -OCH3 is 1. The van der Waals surface area contributed by atoms with E-state index in [1.807, 2.05) is 56.3 Å². The number of thiazole rings is 1. The van der Waals surface area contributed by atoms with Crippen LogP contribution >= 0.6 is 11.3 Å². The smallest absolute Gasteiger partial charge is 0.333 e. The van der Waals surface area contributed by atoms with Gasteiger partial charge in [0.2, 0.25) is 0 Å². The van der Waals surface area contributed by atoms with Gasteiger partial charge in [-0.25, -0.2) is 14.3 Å². The van der Waals surface area contributed by atoms with Gasteiger partial charge in [-0.3, -0.25) is 14.2 Å². The van der Waals surface area contributed by atoms with Crippen LogP contribution in [0.1, 0.15) is 16.7 Å². The normalized spacial score (nSPS) is 10.8. The third kappa shape index (κ3) is 5.17. The molecule has 0 atom stereocenters. The Morgan fingerprint density at radius 3 is 2.43 bits per heavy atom. The summed E-state index contributed by atoms with van der Waals surface area (Å²) >= 11 is 1.30. The fourth-order valence-electron chi connectivity index (χ4n) is 3.82. The van der Waals surface area contributed by atoms with Crippen molar-refractivity contribution in [1.82, 2.24) is 14.1 Å². The topological polar surface area (TPSA) is 121 Å². The van der Waals surface area contributed by atoms with Crippen LogP contribution < -0.4 is 22.3 Å². The minimum absolute atomic E-state index is 0.0202. The summed E-state index contributed by atoms with van der Waals surface area (Å²) in [6, 6.07) is 15.3. The monoisotopic (exact) mass is 491 g/mol. The van der Waals surface area contributed by atoms with Crippen molar-refractivity contribution in [3.8, 4) is 11.3 Å². The SMILES string of the molecule is COC(=O)Cn1c(=O)c(-c2csc(Nc3cc(C)cc(C)c3)n2)c(N)n(Cc2ccccc2)c1=O. The Morgan fingerprint density at radius 2 is 1.77 bits per heavy atom. The van der Waals surface area contributed by atoms with E-state index in [0.717, 1.165) is 26.9 Å². The molecule has 2 aromatic carbocycles. The average molecular weight is 492 g/mol. The number of aromatic nitrogens is 3. The fraction of sp³-hybridized carbons (Fsp3) is 0.200. The zero-order valence-electron chi connectivity index (χ0n) is 19.6. The van der Waals surface area contributed by atoms with E-state index in [1.54, 1.807) is 5.38 Å². The van der Waals surface area contributed by atoms with Crippen LogP contribution in [0.2, 0.25) is 0 Å². The predicted molar refractivity (Wildman–Crippen MR) is 137 cm³/mol. The minimum atomic E-state index is -0.721. The summed E-state index contributed by atoms with van der Waals surface area (Å²) < 4.78 is 6.79. The number of benzene rings is 2. The largest absolute Gasteiger partial charge is 0.468 e. The lowest BCUT2D eigenvalue weighted by Crippen LogP contribution is -2.43. The molecule has 2 heterocycles. The number of anilines is 3. The van der Waals surface area contributed by atoms with Gasteiger partial charge in [0.25, 0.3) is 5.56 Å². The number of nitrogens with two attached hydrogens (primary N) is 1. The van der Waals surface area contributed by atoms with Crippen molar-refractivity contribution >= 4 is 33.9 Å². The summed E-state index contributed by atoms with van der Waals surface area (Å²) in [5.41, 5.74) is 9.22. The van der Waals surface area contributed by atoms with Crippen LogP contribution in [0.15, 0.2) is 63.5 Å². The third-order valence-corrected chi connectivity index (χ3v) is 6.16. The predicted octanol–water partition coefficient (Wildman–Crippen LogP) is 3.30. The van der Waals surface area contributed by atoms with Crippen molar-refractivity contribution in [2.24, 2.45) is 0 Å². The maximum atomic E-state index is 13.3. The number of carbonyl (C=O) groups excluding carboxylic acids is 1. The second kappa shape index (κ2) is 9.98. The number of aryl methyl sites for hydroxylation is 2. The van der Waals surface area contributed by atoms with Crippen molar-refractivity contribution in [2.45, 2.75) is 26.9 Å². The molecule has 0 spiro atoms. The summed E-state index contributed by atoms with van der Waals surface area (Å²) in [4.78, 5) is 43.0. The van der Waals surface area contributed by atoms with E-state index >= 15 is 0 Å². The highest BCUT2D eigenvalue weighted by Crippen LogP contribution is 2.29. The number of esters is 1. The van der Waals surface area contributed by atoms with Crippen LogP contribution in [0.5, 0.6) is 0 Å². The van der Waals surface area contributed by atoms with Crippen molar-refractivity contribution in [2.75, 3.05) is 18.2 Å². The Kier molecular flexibility index (Phi) is 6.83. The zero-order chi connectivity index (χ0) is 25.1. The lowest BCUT2D eigenvalue weighted by Gasteiger charge is -2.16. The fourth-order valence-corrected chi connectivity index (χ4v) is 4.55. The number of hydrogen-bond acceptors (Lipinski definition) is 8. The summed E-state index contributed by atoms with van der Waals surface area (Å²) in [7, 11) is 1.19. The third-order valence-electron chi connectivity index (χ3n) is 5.40.